The van der Waals surface area contributed by atoms with Crippen LogP contribution in [0.1, 0.15) is 42.3 Å². The third kappa shape index (κ3) is 5.84. The molecule has 0 radical (unpaired) electrons. The Hall–Kier alpha value is -2.83. The highest BCUT2D eigenvalue weighted by Crippen LogP contribution is 2.22. The van der Waals surface area contributed by atoms with Crippen LogP contribution in [0.3, 0.4) is 0 Å². The fourth-order valence-corrected chi connectivity index (χ4v) is 2.37. The van der Waals surface area contributed by atoms with Gasteiger partial charge in [-0.15, -0.1) is 0 Å². The van der Waals surface area contributed by atoms with Gasteiger partial charge in [-0.1, -0.05) is 45.0 Å². The molecule has 0 spiro atoms. The van der Waals surface area contributed by atoms with Crippen molar-refractivity contribution in [1.82, 2.24) is 5.32 Å². The lowest BCUT2D eigenvalue weighted by Crippen LogP contribution is -2.30. The van der Waals surface area contributed by atoms with Gasteiger partial charge in [0.2, 0.25) is 0 Å². The van der Waals surface area contributed by atoms with Gasteiger partial charge < -0.3 is 10.6 Å². The lowest BCUT2D eigenvalue weighted by Gasteiger charge is -2.19. The third-order valence-corrected chi connectivity index (χ3v) is 3.91. The summed E-state index contributed by atoms with van der Waals surface area (Å²) in [7, 11) is 0. The first-order valence-corrected chi connectivity index (χ1v) is 8.33. The first kappa shape index (κ1) is 20.5. The Morgan fingerprint density at radius 2 is 1.59 bits per heavy atom. The van der Waals surface area contributed by atoms with Gasteiger partial charge in [0, 0.05) is 17.8 Å². The molecule has 0 saturated heterocycles. The fourth-order valence-electron chi connectivity index (χ4n) is 2.37. The van der Waals surface area contributed by atoms with E-state index in [-0.39, 0.29) is 23.6 Å². The van der Waals surface area contributed by atoms with Crippen LogP contribution < -0.4 is 10.6 Å². The first-order valence-electron chi connectivity index (χ1n) is 8.33. The van der Waals surface area contributed by atoms with E-state index in [2.05, 4.69) is 26.1 Å². The first-order chi connectivity index (χ1) is 12.5. The predicted octanol–water partition coefficient (Wildman–Crippen LogP) is 4.41. The number of hydrogen-bond donors (Lipinski definition) is 2. The maximum atomic E-state index is 12.3. The van der Waals surface area contributed by atoms with Crippen LogP contribution in [0.2, 0.25) is 0 Å². The molecule has 0 unspecified atom stereocenters. The van der Waals surface area contributed by atoms with Crippen LogP contribution >= 0.6 is 0 Å². The standard InChI is InChI=1S/C20H21F3N2O2/c1-19(2,3)15-9-7-14(8-10-15)17(26)24-12-13-5-4-6-16(11-13)25-18(27)20(21,22)23/h4-11H,12H2,1-3H3,(H,24,26)(H,25,27). The van der Waals surface area contributed by atoms with Crippen molar-refractivity contribution >= 4 is 17.5 Å². The minimum absolute atomic E-state index is 0.0126. The molecule has 0 saturated carbocycles. The normalized spacial score (nSPS) is 11.8. The summed E-state index contributed by atoms with van der Waals surface area (Å²) in [5.74, 6) is -2.33. The fraction of sp³-hybridized carbons (Fsp3) is 0.300. The Morgan fingerprint density at radius 1 is 0.963 bits per heavy atom. The second kappa shape index (κ2) is 7.82. The number of carbonyl (C=O) groups is 2. The van der Waals surface area contributed by atoms with Crippen molar-refractivity contribution in [1.29, 1.82) is 0 Å². The van der Waals surface area contributed by atoms with E-state index in [9.17, 15) is 22.8 Å². The third-order valence-electron chi connectivity index (χ3n) is 3.91. The number of rotatable bonds is 4. The molecule has 0 aliphatic carbocycles. The minimum atomic E-state index is -4.95. The summed E-state index contributed by atoms with van der Waals surface area (Å²) in [6.07, 6.45) is -4.95. The molecule has 0 heterocycles. The average Bonchev–Trinajstić information content (AvgIpc) is 2.58. The van der Waals surface area contributed by atoms with E-state index in [1.165, 1.54) is 18.2 Å². The molecule has 2 amide bonds. The number of amides is 2. The van der Waals surface area contributed by atoms with Crippen molar-refractivity contribution in [2.45, 2.75) is 38.9 Å². The van der Waals surface area contributed by atoms with Gasteiger partial charge in [0.25, 0.3) is 5.91 Å². The number of alkyl halides is 3. The van der Waals surface area contributed by atoms with Crippen molar-refractivity contribution < 1.29 is 22.8 Å². The number of hydrogen-bond acceptors (Lipinski definition) is 2. The molecule has 7 heteroatoms. The molecule has 27 heavy (non-hydrogen) atoms. The molecule has 2 aromatic carbocycles. The highest BCUT2D eigenvalue weighted by molar-refractivity contribution is 5.95. The van der Waals surface area contributed by atoms with Crippen molar-refractivity contribution in [3.63, 3.8) is 0 Å². The van der Waals surface area contributed by atoms with E-state index < -0.39 is 12.1 Å². The van der Waals surface area contributed by atoms with E-state index in [1.807, 2.05) is 12.1 Å². The largest absolute Gasteiger partial charge is 0.471 e. The molecule has 2 rings (SSSR count). The molecular weight excluding hydrogens is 357 g/mol. The van der Waals surface area contributed by atoms with Gasteiger partial charge in [0.15, 0.2) is 0 Å². The summed E-state index contributed by atoms with van der Waals surface area (Å²) in [5.41, 5.74) is 2.15. The number of carbonyl (C=O) groups excluding carboxylic acids is 2. The minimum Gasteiger partial charge on any atom is -0.348 e. The second-order valence-corrected chi connectivity index (χ2v) is 7.16. The molecule has 0 fully saturated rings. The van der Waals surface area contributed by atoms with E-state index in [4.69, 9.17) is 0 Å². The van der Waals surface area contributed by atoms with Gasteiger partial charge in [0.05, 0.1) is 0 Å². The Bertz CT molecular complexity index is 822. The zero-order valence-corrected chi connectivity index (χ0v) is 15.3. The Morgan fingerprint density at radius 3 is 2.15 bits per heavy atom. The van der Waals surface area contributed by atoms with Crippen molar-refractivity contribution in [2.24, 2.45) is 0 Å². The Labute approximate surface area is 155 Å². The summed E-state index contributed by atoms with van der Waals surface area (Å²) < 4.78 is 36.9. The van der Waals surface area contributed by atoms with E-state index in [1.54, 1.807) is 23.5 Å². The molecule has 2 N–H and O–H groups in total. The van der Waals surface area contributed by atoms with Crippen LogP contribution in [0.5, 0.6) is 0 Å². The van der Waals surface area contributed by atoms with Crippen molar-refractivity contribution in [3.8, 4) is 0 Å². The van der Waals surface area contributed by atoms with Gasteiger partial charge in [-0.2, -0.15) is 13.2 Å². The Balaban J connectivity index is 1.99. The highest BCUT2D eigenvalue weighted by Gasteiger charge is 2.38. The van der Waals surface area contributed by atoms with Crippen LogP contribution in [-0.2, 0) is 16.8 Å². The zero-order chi connectivity index (χ0) is 20.2. The summed E-state index contributed by atoms with van der Waals surface area (Å²) in [5, 5.41) is 4.50. The molecular formula is C20H21F3N2O2. The van der Waals surface area contributed by atoms with Crippen LogP contribution in [-0.4, -0.2) is 18.0 Å². The van der Waals surface area contributed by atoms with Gasteiger partial charge in [-0.3, -0.25) is 9.59 Å². The second-order valence-electron chi connectivity index (χ2n) is 7.16. The van der Waals surface area contributed by atoms with Gasteiger partial charge in [-0.05, 0) is 40.8 Å². The maximum Gasteiger partial charge on any atom is 0.471 e. The van der Waals surface area contributed by atoms with Crippen molar-refractivity contribution in [2.75, 3.05) is 5.32 Å². The highest BCUT2D eigenvalue weighted by atomic mass is 19.4. The van der Waals surface area contributed by atoms with Crippen molar-refractivity contribution in [3.05, 3.63) is 65.2 Å². The topological polar surface area (TPSA) is 58.2 Å². The quantitative estimate of drug-likeness (QED) is 0.828. The summed E-state index contributed by atoms with van der Waals surface area (Å²) in [4.78, 5) is 23.2. The number of benzene rings is 2. The van der Waals surface area contributed by atoms with Gasteiger partial charge >= 0.3 is 12.1 Å². The molecule has 2 aromatic rings. The SMILES string of the molecule is CC(C)(C)c1ccc(C(=O)NCc2cccc(NC(=O)C(F)(F)F)c2)cc1. The molecule has 0 aliphatic rings. The van der Waals surface area contributed by atoms with Gasteiger partial charge in [0.1, 0.15) is 0 Å². The number of halogens is 3. The molecule has 144 valence electrons. The molecule has 0 aliphatic heterocycles. The molecule has 4 nitrogen and oxygen atoms in total. The van der Waals surface area contributed by atoms with E-state index in [0.29, 0.717) is 11.1 Å². The molecule has 0 bridgehead atoms. The summed E-state index contributed by atoms with van der Waals surface area (Å²) in [6.45, 7) is 6.35. The van der Waals surface area contributed by atoms with Crippen LogP contribution in [0, 0.1) is 0 Å². The lowest BCUT2D eigenvalue weighted by atomic mass is 9.87. The number of anilines is 1. The zero-order valence-electron chi connectivity index (χ0n) is 15.3. The van der Waals surface area contributed by atoms with Crippen LogP contribution in [0.25, 0.3) is 0 Å². The smallest absolute Gasteiger partial charge is 0.348 e. The monoisotopic (exact) mass is 378 g/mol. The Kier molecular flexibility index (Phi) is 5.93. The van der Waals surface area contributed by atoms with Crippen LogP contribution in [0.4, 0.5) is 18.9 Å². The van der Waals surface area contributed by atoms with Crippen LogP contribution in [0.15, 0.2) is 48.5 Å². The van der Waals surface area contributed by atoms with E-state index >= 15 is 0 Å². The maximum absolute atomic E-state index is 12.3. The molecule has 0 atom stereocenters. The average molecular weight is 378 g/mol. The lowest BCUT2D eigenvalue weighted by molar-refractivity contribution is -0.167. The van der Waals surface area contributed by atoms with Gasteiger partial charge in [-0.25, -0.2) is 0 Å². The van der Waals surface area contributed by atoms with E-state index in [0.717, 1.165) is 5.56 Å². The predicted molar refractivity (Wildman–Crippen MR) is 97.4 cm³/mol. The number of nitrogens with one attached hydrogen (secondary N) is 2. The summed E-state index contributed by atoms with van der Waals surface area (Å²) in [6, 6.07) is 13.1. The summed E-state index contributed by atoms with van der Waals surface area (Å²) >= 11 is 0. The molecule has 0 aromatic heterocycles.